The fraction of sp³-hybridized carbons (Fsp3) is 0.500. The quantitative estimate of drug-likeness (QED) is 0.759. The van der Waals surface area contributed by atoms with E-state index in [-0.39, 0.29) is 11.6 Å². The van der Waals surface area contributed by atoms with Crippen molar-refractivity contribution in [3.05, 3.63) is 29.6 Å². The molecule has 0 aliphatic carbocycles. The minimum atomic E-state index is -1.63. The van der Waals surface area contributed by atoms with Gasteiger partial charge in [-0.2, -0.15) is 0 Å². The van der Waals surface area contributed by atoms with Crippen LogP contribution in [0.25, 0.3) is 0 Å². The first-order valence-electron chi connectivity index (χ1n) is 5.93. The molecule has 0 amide bonds. The Kier molecular flexibility index (Phi) is 4.15. The van der Waals surface area contributed by atoms with Crippen LogP contribution in [0.5, 0.6) is 0 Å². The number of ether oxygens (including phenoxy) is 1. The van der Waals surface area contributed by atoms with Gasteiger partial charge in [-0.25, -0.2) is 4.39 Å². The van der Waals surface area contributed by atoms with E-state index < -0.39 is 12.9 Å². The Morgan fingerprint density at radius 2 is 2.18 bits per heavy atom. The first-order chi connectivity index (χ1) is 8.16. The van der Waals surface area contributed by atoms with Gasteiger partial charge >= 0.3 is 7.12 Å². The molecular weight excluding hydrogens is 222 g/mol. The molecule has 1 aliphatic heterocycles. The summed E-state index contributed by atoms with van der Waals surface area (Å²) in [6, 6.07) is 4.11. The first kappa shape index (κ1) is 12.5. The molecule has 1 atom stereocenters. The van der Waals surface area contributed by atoms with Crippen molar-refractivity contribution in [1.82, 2.24) is 0 Å². The maximum Gasteiger partial charge on any atom is 0.488 e. The van der Waals surface area contributed by atoms with Crippen LogP contribution in [-0.2, 0) is 11.2 Å². The van der Waals surface area contributed by atoms with Crippen molar-refractivity contribution in [2.75, 3.05) is 6.61 Å². The van der Waals surface area contributed by atoms with Crippen LogP contribution in [0.2, 0.25) is 0 Å². The number of hydrogen-bond donors (Lipinski definition) is 2. The van der Waals surface area contributed by atoms with Gasteiger partial charge in [-0.3, -0.25) is 0 Å². The summed E-state index contributed by atoms with van der Waals surface area (Å²) >= 11 is 0. The molecule has 2 rings (SSSR count). The van der Waals surface area contributed by atoms with E-state index in [0.29, 0.717) is 6.42 Å². The van der Waals surface area contributed by atoms with Gasteiger partial charge in [0.25, 0.3) is 0 Å². The van der Waals surface area contributed by atoms with Crippen molar-refractivity contribution >= 4 is 12.6 Å². The smallest absolute Gasteiger partial charge is 0.423 e. The van der Waals surface area contributed by atoms with Gasteiger partial charge in [0.1, 0.15) is 5.82 Å². The highest BCUT2D eigenvalue weighted by Crippen LogP contribution is 2.17. The zero-order valence-electron chi connectivity index (χ0n) is 9.60. The molecule has 0 spiro atoms. The zero-order valence-corrected chi connectivity index (χ0v) is 9.60. The predicted molar refractivity (Wildman–Crippen MR) is 63.5 cm³/mol. The second-order valence-electron chi connectivity index (χ2n) is 4.41. The Morgan fingerprint density at radius 3 is 2.82 bits per heavy atom. The average Bonchev–Trinajstić information content (AvgIpc) is 2.32. The molecule has 1 aromatic carbocycles. The van der Waals surface area contributed by atoms with Gasteiger partial charge in [-0.1, -0.05) is 6.07 Å². The van der Waals surface area contributed by atoms with Gasteiger partial charge in [0.15, 0.2) is 0 Å². The number of rotatable bonds is 3. The third kappa shape index (κ3) is 3.28. The van der Waals surface area contributed by atoms with E-state index in [9.17, 15) is 14.4 Å². The highest BCUT2D eigenvalue weighted by Gasteiger charge is 2.21. The highest BCUT2D eigenvalue weighted by atomic mass is 19.1. The van der Waals surface area contributed by atoms with Gasteiger partial charge in [0.05, 0.1) is 6.10 Å². The minimum absolute atomic E-state index is 0.103. The summed E-state index contributed by atoms with van der Waals surface area (Å²) < 4.78 is 18.6. The normalized spacial score (nSPS) is 20.3. The van der Waals surface area contributed by atoms with E-state index in [0.717, 1.165) is 31.4 Å². The Labute approximate surface area is 100 Å². The number of benzene rings is 1. The topological polar surface area (TPSA) is 49.7 Å². The lowest BCUT2D eigenvalue weighted by atomic mass is 9.75. The largest absolute Gasteiger partial charge is 0.488 e. The van der Waals surface area contributed by atoms with Crippen LogP contribution in [0.15, 0.2) is 18.2 Å². The molecular formula is C12H16BFO3. The Bertz CT molecular complexity index is 378. The van der Waals surface area contributed by atoms with Crippen molar-refractivity contribution in [3.8, 4) is 0 Å². The molecule has 92 valence electrons. The molecule has 1 heterocycles. The van der Waals surface area contributed by atoms with Crippen molar-refractivity contribution in [2.45, 2.75) is 31.8 Å². The van der Waals surface area contributed by atoms with E-state index in [2.05, 4.69) is 0 Å². The summed E-state index contributed by atoms with van der Waals surface area (Å²) in [5, 5.41) is 18.4. The number of hydrogen-bond acceptors (Lipinski definition) is 3. The third-order valence-electron chi connectivity index (χ3n) is 3.11. The summed E-state index contributed by atoms with van der Waals surface area (Å²) in [5.74, 6) is -0.457. The summed E-state index contributed by atoms with van der Waals surface area (Å²) in [6.45, 7) is 0.753. The van der Waals surface area contributed by atoms with Crippen molar-refractivity contribution in [2.24, 2.45) is 0 Å². The SMILES string of the molecule is OB(O)c1cc(F)ccc1CC1CCCCO1. The van der Waals surface area contributed by atoms with Crippen LogP contribution in [0.1, 0.15) is 24.8 Å². The molecule has 3 nitrogen and oxygen atoms in total. The monoisotopic (exact) mass is 238 g/mol. The van der Waals surface area contributed by atoms with Crippen LogP contribution in [-0.4, -0.2) is 29.9 Å². The van der Waals surface area contributed by atoms with Gasteiger partial charge < -0.3 is 14.8 Å². The van der Waals surface area contributed by atoms with Crippen molar-refractivity contribution in [1.29, 1.82) is 0 Å². The van der Waals surface area contributed by atoms with Crippen LogP contribution in [0.4, 0.5) is 4.39 Å². The molecule has 2 N–H and O–H groups in total. The van der Waals surface area contributed by atoms with E-state index >= 15 is 0 Å². The minimum Gasteiger partial charge on any atom is -0.423 e. The second-order valence-corrected chi connectivity index (χ2v) is 4.41. The highest BCUT2D eigenvalue weighted by molar-refractivity contribution is 6.59. The second kappa shape index (κ2) is 5.62. The van der Waals surface area contributed by atoms with Gasteiger partial charge in [-0.15, -0.1) is 0 Å². The van der Waals surface area contributed by atoms with Gasteiger partial charge in [0, 0.05) is 6.61 Å². The van der Waals surface area contributed by atoms with Gasteiger partial charge in [0.2, 0.25) is 0 Å². The fourth-order valence-corrected chi connectivity index (χ4v) is 2.21. The maximum absolute atomic E-state index is 13.0. The molecule has 0 radical (unpaired) electrons. The van der Waals surface area contributed by atoms with Crippen LogP contribution in [0, 0.1) is 5.82 Å². The molecule has 0 saturated carbocycles. The van der Waals surface area contributed by atoms with E-state index in [1.165, 1.54) is 12.1 Å². The van der Waals surface area contributed by atoms with Crippen LogP contribution in [0.3, 0.4) is 0 Å². The lowest BCUT2D eigenvalue weighted by molar-refractivity contribution is 0.0169. The molecule has 1 aliphatic rings. The molecule has 5 heteroatoms. The van der Waals surface area contributed by atoms with Crippen LogP contribution < -0.4 is 5.46 Å². The zero-order chi connectivity index (χ0) is 12.3. The van der Waals surface area contributed by atoms with Gasteiger partial charge in [-0.05, 0) is 48.8 Å². The maximum atomic E-state index is 13.0. The summed E-state index contributed by atoms with van der Waals surface area (Å²) in [6.07, 6.45) is 3.89. The summed E-state index contributed by atoms with van der Waals surface area (Å²) in [7, 11) is -1.63. The van der Waals surface area contributed by atoms with E-state index in [1.54, 1.807) is 6.07 Å². The first-order valence-corrected chi connectivity index (χ1v) is 5.93. The summed E-state index contributed by atoms with van der Waals surface area (Å²) in [4.78, 5) is 0. The molecule has 0 aromatic heterocycles. The van der Waals surface area contributed by atoms with Crippen LogP contribution >= 0.6 is 0 Å². The van der Waals surface area contributed by atoms with E-state index in [4.69, 9.17) is 4.74 Å². The Morgan fingerprint density at radius 1 is 1.35 bits per heavy atom. The standard InChI is InChI=1S/C12H16BFO3/c14-10-5-4-9(12(8-10)13(15)16)7-11-3-1-2-6-17-11/h4-5,8,11,15-16H,1-3,6-7H2. The molecule has 17 heavy (non-hydrogen) atoms. The predicted octanol–water partition coefficient (Wildman–Crippen LogP) is 0.617. The van der Waals surface area contributed by atoms with E-state index in [1.807, 2.05) is 0 Å². The average molecular weight is 238 g/mol. The Hall–Kier alpha value is -0.905. The lowest BCUT2D eigenvalue weighted by Crippen LogP contribution is -2.35. The van der Waals surface area contributed by atoms with Crippen molar-refractivity contribution < 1.29 is 19.2 Å². The molecule has 0 bridgehead atoms. The number of halogens is 1. The lowest BCUT2D eigenvalue weighted by Gasteiger charge is -2.23. The molecule has 1 fully saturated rings. The molecule has 1 aromatic rings. The molecule has 1 unspecified atom stereocenters. The summed E-state index contributed by atoms with van der Waals surface area (Å²) in [5.41, 5.74) is 0.979. The third-order valence-corrected chi connectivity index (χ3v) is 3.11. The Balaban J connectivity index is 2.13. The fourth-order valence-electron chi connectivity index (χ4n) is 2.21. The van der Waals surface area contributed by atoms with Crippen molar-refractivity contribution in [3.63, 3.8) is 0 Å². The molecule has 1 saturated heterocycles.